The number of carbonyl (C=O) groups excluding carboxylic acids is 1. The molecule has 0 saturated carbocycles. The fourth-order valence-corrected chi connectivity index (χ4v) is 4.75. The molecule has 212 valence electrons. The summed E-state index contributed by atoms with van der Waals surface area (Å²) in [5, 5.41) is 8.22. The zero-order valence-electron chi connectivity index (χ0n) is 23.6. The van der Waals surface area contributed by atoms with Gasteiger partial charge < -0.3 is 19.4 Å². The zero-order valence-corrected chi connectivity index (χ0v) is 24.3. The molecule has 0 aliphatic carbocycles. The Morgan fingerprint density at radius 3 is 2.55 bits per heavy atom. The second-order valence-corrected chi connectivity index (χ2v) is 12.5. The highest BCUT2D eigenvalue weighted by atomic mass is 35.5. The molecule has 0 atom stereocenters. The number of rotatable bonds is 4. The largest absolute Gasteiger partial charge is 0.444 e. The summed E-state index contributed by atoms with van der Waals surface area (Å²) >= 11 is 5.96. The third-order valence-corrected chi connectivity index (χ3v) is 6.73. The number of anilines is 1. The molecule has 0 unspecified atom stereocenters. The van der Waals surface area contributed by atoms with Crippen LogP contribution in [0.2, 0.25) is 5.02 Å². The van der Waals surface area contributed by atoms with Gasteiger partial charge in [0.15, 0.2) is 5.58 Å². The Morgan fingerprint density at radius 2 is 1.88 bits per heavy atom. The lowest BCUT2D eigenvalue weighted by Crippen LogP contribution is -2.42. The molecule has 11 heteroatoms. The number of amides is 1. The molecular weight excluding hydrogens is 535 g/mol. The molecule has 4 aromatic rings. The third-order valence-electron chi connectivity index (χ3n) is 6.44. The van der Waals surface area contributed by atoms with E-state index in [1.165, 1.54) is 12.1 Å². The lowest BCUT2D eigenvalue weighted by molar-refractivity contribution is 0.0185. The molecule has 1 aliphatic rings. The van der Waals surface area contributed by atoms with Gasteiger partial charge in [-0.2, -0.15) is 5.10 Å². The molecule has 9 nitrogen and oxygen atoms in total. The van der Waals surface area contributed by atoms with Crippen LogP contribution in [0.1, 0.15) is 60.4 Å². The first kappa shape index (κ1) is 27.9. The minimum Gasteiger partial charge on any atom is -0.444 e. The number of hydrogen-bond acceptors (Lipinski definition) is 7. The van der Waals surface area contributed by atoms with Crippen LogP contribution >= 0.6 is 11.6 Å². The van der Waals surface area contributed by atoms with Crippen LogP contribution in [0, 0.1) is 5.82 Å². The van der Waals surface area contributed by atoms with Gasteiger partial charge in [0.05, 0.1) is 22.3 Å². The van der Waals surface area contributed by atoms with Gasteiger partial charge in [-0.3, -0.25) is 4.68 Å². The minimum absolute atomic E-state index is 0.0188. The molecule has 0 radical (unpaired) electrons. The normalized spacial score (nSPS) is 15.1. The number of carbonyl (C=O) groups is 1. The number of halogens is 2. The number of ether oxygens (including phenoxy) is 1. The number of benzene rings is 1. The van der Waals surface area contributed by atoms with Crippen molar-refractivity contribution in [1.82, 2.24) is 24.6 Å². The number of nitrogens with zero attached hydrogens (tertiary/aromatic N) is 5. The Bertz CT molecular complexity index is 1500. The van der Waals surface area contributed by atoms with E-state index in [-0.39, 0.29) is 22.7 Å². The lowest BCUT2D eigenvalue weighted by Gasteiger charge is -2.33. The van der Waals surface area contributed by atoms with Crippen molar-refractivity contribution in [2.45, 2.75) is 71.6 Å². The van der Waals surface area contributed by atoms with E-state index in [2.05, 4.69) is 15.3 Å². The summed E-state index contributed by atoms with van der Waals surface area (Å²) in [5.41, 5.74) is 2.11. The van der Waals surface area contributed by atoms with Crippen LogP contribution < -0.4 is 5.32 Å². The molecule has 4 heterocycles. The van der Waals surface area contributed by atoms with Crippen molar-refractivity contribution in [2.24, 2.45) is 0 Å². The van der Waals surface area contributed by atoms with Crippen molar-refractivity contribution < 1.29 is 18.3 Å². The number of likely N-dealkylation sites (tertiary alicyclic amines) is 1. The first-order valence-corrected chi connectivity index (χ1v) is 13.7. The summed E-state index contributed by atoms with van der Waals surface area (Å²) in [7, 11) is 0. The fraction of sp³-hybridized carbons (Fsp3) is 0.448. The molecule has 0 bridgehead atoms. The van der Waals surface area contributed by atoms with E-state index in [9.17, 15) is 9.18 Å². The summed E-state index contributed by atoms with van der Waals surface area (Å²) in [6.07, 6.45) is 4.99. The maximum absolute atomic E-state index is 14.0. The topological polar surface area (TPSA) is 98.3 Å². The predicted molar refractivity (Wildman–Crippen MR) is 153 cm³/mol. The van der Waals surface area contributed by atoms with Crippen molar-refractivity contribution in [1.29, 1.82) is 0 Å². The first-order valence-electron chi connectivity index (χ1n) is 13.3. The molecule has 1 amide bonds. The van der Waals surface area contributed by atoms with Crippen LogP contribution in [0.3, 0.4) is 0 Å². The van der Waals surface area contributed by atoms with E-state index in [4.69, 9.17) is 25.9 Å². The molecule has 1 aromatic carbocycles. The number of fused-ring (bicyclic) bond motifs is 1. The van der Waals surface area contributed by atoms with Crippen molar-refractivity contribution in [3.05, 3.63) is 47.5 Å². The number of oxazole rings is 1. The van der Waals surface area contributed by atoms with Crippen molar-refractivity contribution in [3.8, 4) is 22.7 Å². The van der Waals surface area contributed by atoms with E-state index in [0.717, 1.165) is 24.1 Å². The quantitative estimate of drug-likeness (QED) is 0.275. The third kappa shape index (κ3) is 6.22. The van der Waals surface area contributed by atoms with Gasteiger partial charge in [-0.05, 0) is 72.6 Å². The Labute approximate surface area is 237 Å². The summed E-state index contributed by atoms with van der Waals surface area (Å²) in [5.74, 6) is 0.314. The summed E-state index contributed by atoms with van der Waals surface area (Å²) in [6.45, 7) is 12.9. The van der Waals surface area contributed by atoms with Gasteiger partial charge in [0.25, 0.3) is 0 Å². The van der Waals surface area contributed by atoms with Gasteiger partial charge in [-0.15, -0.1) is 0 Å². The standard InChI is InChI=1S/C29H34ClFN6O3/c1-28(2,3)34-25-19(26-33-23-14-20(30)21(31)15-24(23)39-26)13-17(16-32-25)22-9-12-37(35-22)18-7-10-36(11-8-18)27(38)40-29(4,5)6/h9,12-16,18H,7-8,10-11H2,1-6H3,(H,32,34). The molecule has 1 aliphatic heterocycles. The number of nitrogens with one attached hydrogen (secondary N) is 1. The first-order chi connectivity index (χ1) is 18.8. The minimum atomic E-state index is -0.570. The van der Waals surface area contributed by atoms with E-state index in [0.29, 0.717) is 41.5 Å². The second-order valence-electron chi connectivity index (χ2n) is 12.1. The molecule has 5 rings (SSSR count). The number of aromatic nitrogens is 4. The lowest BCUT2D eigenvalue weighted by atomic mass is 10.1. The van der Waals surface area contributed by atoms with Crippen LogP contribution in [-0.4, -0.2) is 55.0 Å². The molecule has 1 fully saturated rings. The Balaban J connectivity index is 1.40. The smallest absolute Gasteiger partial charge is 0.410 e. The van der Waals surface area contributed by atoms with Crippen LogP contribution in [0.25, 0.3) is 33.8 Å². The van der Waals surface area contributed by atoms with E-state index in [1.54, 1.807) is 11.1 Å². The Hall–Kier alpha value is -3.66. The van der Waals surface area contributed by atoms with Crippen LogP contribution in [0.5, 0.6) is 0 Å². The summed E-state index contributed by atoms with van der Waals surface area (Å²) in [4.78, 5) is 23.4. The van der Waals surface area contributed by atoms with E-state index in [1.807, 2.05) is 64.6 Å². The Kier molecular flexibility index (Phi) is 7.24. The van der Waals surface area contributed by atoms with Crippen LogP contribution in [0.4, 0.5) is 15.0 Å². The Morgan fingerprint density at radius 1 is 1.15 bits per heavy atom. The monoisotopic (exact) mass is 568 g/mol. The fourth-order valence-electron chi connectivity index (χ4n) is 4.60. The maximum Gasteiger partial charge on any atom is 0.410 e. The second kappa shape index (κ2) is 10.4. The molecule has 40 heavy (non-hydrogen) atoms. The van der Waals surface area contributed by atoms with E-state index < -0.39 is 11.4 Å². The maximum atomic E-state index is 14.0. The predicted octanol–water partition coefficient (Wildman–Crippen LogP) is 7.33. The molecule has 1 N–H and O–H groups in total. The highest BCUT2D eigenvalue weighted by Gasteiger charge is 2.28. The highest BCUT2D eigenvalue weighted by Crippen LogP contribution is 2.35. The molecular formula is C29H34ClFN6O3. The molecule has 1 saturated heterocycles. The number of piperidine rings is 1. The van der Waals surface area contributed by atoms with Gasteiger partial charge in [-0.25, -0.2) is 19.2 Å². The van der Waals surface area contributed by atoms with Crippen LogP contribution in [0.15, 0.2) is 41.1 Å². The van der Waals surface area contributed by atoms with Crippen molar-refractivity contribution in [2.75, 3.05) is 18.4 Å². The average molecular weight is 569 g/mol. The SMILES string of the molecule is CC(C)(C)Nc1ncc(-c2ccn(C3CCN(C(=O)OC(C)(C)C)CC3)n2)cc1-c1nc2cc(Cl)c(F)cc2o1. The van der Waals surface area contributed by atoms with E-state index >= 15 is 0 Å². The number of pyridine rings is 1. The van der Waals surface area contributed by atoms with Gasteiger partial charge in [0.2, 0.25) is 5.89 Å². The molecule has 0 spiro atoms. The van der Waals surface area contributed by atoms with Gasteiger partial charge in [0.1, 0.15) is 22.8 Å². The van der Waals surface area contributed by atoms with Gasteiger partial charge in [-0.1, -0.05) is 11.6 Å². The van der Waals surface area contributed by atoms with Crippen LogP contribution in [-0.2, 0) is 4.74 Å². The van der Waals surface area contributed by atoms with Crippen molar-refractivity contribution in [3.63, 3.8) is 0 Å². The zero-order chi connectivity index (χ0) is 28.8. The van der Waals surface area contributed by atoms with Gasteiger partial charge >= 0.3 is 6.09 Å². The highest BCUT2D eigenvalue weighted by molar-refractivity contribution is 6.31. The summed E-state index contributed by atoms with van der Waals surface area (Å²) in [6, 6.07) is 6.71. The molecule has 3 aromatic heterocycles. The average Bonchev–Trinajstić information content (AvgIpc) is 3.50. The van der Waals surface area contributed by atoms with Crippen molar-refractivity contribution >= 4 is 34.6 Å². The number of hydrogen-bond donors (Lipinski definition) is 1. The summed E-state index contributed by atoms with van der Waals surface area (Å²) < 4.78 is 27.5. The van der Waals surface area contributed by atoms with Gasteiger partial charge in [0, 0.05) is 42.7 Å².